The predicted octanol–water partition coefficient (Wildman–Crippen LogP) is 1.35. The van der Waals surface area contributed by atoms with E-state index in [4.69, 9.17) is 4.74 Å². The standard InChI is InChI=1S/C12H17NO3/c1-4-16-12(15)11(14)9-5-7-10(8-6-9)13(2)3/h5-8,11,14H,4H2,1-3H3/t11-/m1/s1. The molecule has 0 spiro atoms. The summed E-state index contributed by atoms with van der Waals surface area (Å²) >= 11 is 0. The molecule has 0 bridgehead atoms. The molecule has 0 aliphatic heterocycles. The Balaban J connectivity index is 2.77. The second-order valence-electron chi connectivity index (χ2n) is 3.64. The van der Waals surface area contributed by atoms with Crippen LogP contribution in [0.25, 0.3) is 0 Å². The normalized spacial score (nSPS) is 12.0. The van der Waals surface area contributed by atoms with Gasteiger partial charge in [-0.25, -0.2) is 4.79 Å². The van der Waals surface area contributed by atoms with Gasteiger partial charge in [0.15, 0.2) is 6.10 Å². The van der Waals surface area contributed by atoms with Crippen molar-refractivity contribution in [1.29, 1.82) is 0 Å². The van der Waals surface area contributed by atoms with E-state index in [1.807, 2.05) is 31.1 Å². The van der Waals surface area contributed by atoms with Crippen LogP contribution in [0, 0.1) is 0 Å². The quantitative estimate of drug-likeness (QED) is 0.783. The molecule has 0 heterocycles. The molecule has 4 nitrogen and oxygen atoms in total. The van der Waals surface area contributed by atoms with Gasteiger partial charge in [0.05, 0.1) is 6.61 Å². The van der Waals surface area contributed by atoms with E-state index in [-0.39, 0.29) is 6.61 Å². The molecular weight excluding hydrogens is 206 g/mol. The summed E-state index contributed by atoms with van der Waals surface area (Å²) in [6.45, 7) is 1.98. The molecular formula is C12H17NO3. The molecule has 0 radical (unpaired) electrons. The summed E-state index contributed by atoms with van der Waals surface area (Å²) in [5.74, 6) is -0.611. The lowest BCUT2D eigenvalue weighted by Gasteiger charge is -2.14. The van der Waals surface area contributed by atoms with Gasteiger partial charge in [0.2, 0.25) is 0 Å². The Hall–Kier alpha value is -1.55. The van der Waals surface area contributed by atoms with E-state index in [0.717, 1.165) is 5.69 Å². The van der Waals surface area contributed by atoms with Crippen molar-refractivity contribution in [1.82, 2.24) is 0 Å². The van der Waals surface area contributed by atoms with Gasteiger partial charge in [0.25, 0.3) is 0 Å². The number of carbonyl (C=O) groups is 1. The van der Waals surface area contributed by atoms with Gasteiger partial charge in [-0.05, 0) is 24.6 Å². The lowest BCUT2D eigenvalue weighted by molar-refractivity contribution is -0.153. The summed E-state index contributed by atoms with van der Waals surface area (Å²) in [6.07, 6.45) is -1.20. The fraction of sp³-hybridized carbons (Fsp3) is 0.417. The van der Waals surface area contributed by atoms with Crippen molar-refractivity contribution in [3.63, 3.8) is 0 Å². The Morgan fingerprint density at radius 1 is 1.38 bits per heavy atom. The predicted molar refractivity (Wildman–Crippen MR) is 62.4 cm³/mol. The van der Waals surface area contributed by atoms with Crippen LogP contribution in [0.4, 0.5) is 5.69 Å². The first-order chi connectivity index (χ1) is 7.56. The van der Waals surface area contributed by atoms with Gasteiger partial charge in [-0.2, -0.15) is 0 Å². The molecule has 0 aliphatic rings. The zero-order chi connectivity index (χ0) is 12.1. The maximum absolute atomic E-state index is 11.3. The Morgan fingerprint density at radius 3 is 2.38 bits per heavy atom. The molecule has 0 unspecified atom stereocenters. The Bertz CT molecular complexity index is 346. The van der Waals surface area contributed by atoms with Crippen molar-refractivity contribution in [2.75, 3.05) is 25.6 Å². The number of aliphatic hydroxyl groups excluding tert-OH is 1. The monoisotopic (exact) mass is 223 g/mol. The van der Waals surface area contributed by atoms with E-state index in [0.29, 0.717) is 5.56 Å². The summed E-state index contributed by atoms with van der Waals surface area (Å²) in [5, 5.41) is 9.66. The lowest BCUT2D eigenvalue weighted by atomic mass is 10.1. The van der Waals surface area contributed by atoms with Crippen molar-refractivity contribution in [3.05, 3.63) is 29.8 Å². The van der Waals surface area contributed by atoms with Crippen molar-refractivity contribution in [2.24, 2.45) is 0 Å². The van der Waals surface area contributed by atoms with Crippen LogP contribution in [0.3, 0.4) is 0 Å². The summed E-state index contributed by atoms with van der Waals surface area (Å²) in [7, 11) is 3.85. The van der Waals surface area contributed by atoms with Crippen molar-refractivity contribution in [3.8, 4) is 0 Å². The molecule has 0 aliphatic carbocycles. The van der Waals surface area contributed by atoms with Gasteiger partial charge >= 0.3 is 5.97 Å². The van der Waals surface area contributed by atoms with E-state index in [1.54, 1.807) is 19.1 Å². The molecule has 1 aromatic carbocycles. The van der Waals surface area contributed by atoms with Crippen LogP contribution in [0.2, 0.25) is 0 Å². The summed E-state index contributed by atoms with van der Waals surface area (Å²) in [6, 6.07) is 7.13. The molecule has 1 aromatic rings. The molecule has 16 heavy (non-hydrogen) atoms. The van der Waals surface area contributed by atoms with Gasteiger partial charge in [-0.3, -0.25) is 0 Å². The SMILES string of the molecule is CCOC(=O)[C@H](O)c1ccc(N(C)C)cc1. The molecule has 0 aromatic heterocycles. The number of esters is 1. The molecule has 0 amide bonds. The number of hydrogen-bond donors (Lipinski definition) is 1. The molecule has 0 saturated heterocycles. The van der Waals surface area contributed by atoms with Gasteiger partial charge < -0.3 is 14.7 Å². The van der Waals surface area contributed by atoms with E-state index in [1.165, 1.54) is 0 Å². The zero-order valence-corrected chi connectivity index (χ0v) is 9.80. The fourth-order valence-electron chi connectivity index (χ4n) is 1.31. The molecule has 0 fully saturated rings. The first kappa shape index (κ1) is 12.5. The van der Waals surface area contributed by atoms with E-state index in [9.17, 15) is 9.90 Å². The van der Waals surface area contributed by atoms with E-state index < -0.39 is 12.1 Å². The topological polar surface area (TPSA) is 49.8 Å². The second kappa shape index (κ2) is 5.51. The van der Waals surface area contributed by atoms with Gasteiger partial charge in [0.1, 0.15) is 0 Å². The number of hydrogen-bond acceptors (Lipinski definition) is 4. The number of rotatable bonds is 4. The molecule has 1 atom stereocenters. The number of ether oxygens (including phenoxy) is 1. The number of nitrogens with zero attached hydrogens (tertiary/aromatic N) is 1. The van der Waals surface area contributed by atoms with E-state index in [2.05, 4.69) is 0 Å². The highest BCUT2D eigenvalue weighted by atomic mass is 16.5. The molecule has 0 saturated carbocycles. The third-order valence-electron chi connectivity index (χ3n) is 2.24. The van der Waals surface area contributed by atoms with Gasteiger partial charge in [0, 0.05) is 19.8 Å². The number of aliphatic hydroxyl groups is 1. The van der Waals surface area contributed by atoms with Crippen LogP contribution in [-0.2, 0) is 9.53 Å². The van der Waals surface area contributed by atoms with Crippen molar-refractivity contribution in [2.45, 2.75) is 13.0 Å². The van der Waals surface area contributed by atoms with Crippen LogP contribution in [-0.4, -0.2) is 31.8 Å². The van der Waals surface area contributed by atoms with Crippen LogP contribution < -0.4 is 4.90 Å². The first-order valence-corrected chi connectivity index (χ1v) is 5.18. The average molecular weight is 223 g/mol. The number of carbonyl (C=O) groups excluding carboxylic acids is 1. The minimum absolute atomic E-state index is 0.270. The minimum atomic E-state index is -1.20. The minimum Gasteiger partial charge on any atom is -0.464 e. The molecule has 88 valence electrons. The number of benzene rings is 1. The largest absolute Gasteiger partial charge is 0.464 e. The fourth-order valence-corrected chi connectivity index (χ4v) is 1.31. The lowest BCUT2D eigenvalue weighted by Crippen LogP contribution is -2.15. The maximum atomic E-state index is 11.3. The third kappa shape index (κ3) is 2.97. The molecule has 1 rings (SSSR count). The first-order valence-electron chi connectivity index (χ1n) is 5.18. The smallest absolute Gasteiger partial charge is 0.339 e. The number of anilines is 1. The van der Waals surface area contributed by atoms with Gasteiger partial charge in [-0.15, -0.1) is 0 Å². The Kier molecular flexibility index (Phi) is 4.31. The average Bonchev–Trinajstić information content (AvgIpc) is 2.28. The highest BCUT2D eigenvalue weighted by Crippen LogP contribution is 2.18. The van der Waals surface area contributed by atoms with Gasteiger partial charge in [-0.1, -0.05) is 12.1 Å². The summed E-state index contributed by atoms with van der Waals surface area (Å²) in [5.41, 5.74) is 1.56. The third-order valence-corrected chi connectivity index (χ3v) is 2.24. The summed E-state index contributed by atoms with van der Waals surface area (Å²) < 4.78 is 4.74. The van der Waals surface area contributed by atoms with Crippen LogP contribution >= 0.6 is 0 Å². The zero-order valence-electron chi connectivity index (χ0n) is 9.80. The Morgan fingerprint density at radius 2 is 1.94 bits per heavy atom. The van der Waals surface area contributed by atoms with Crippen LogP contribution in [0.5, 0.6) is 0 Å². The highest BCUT2D eigenvalue weighted by molar-refractivity contribution is 5.76. The van der Waals surface area contributed by atoms with E-state index >= 15 is 0 Å². The van der Waals surface area contributed by atoms with Crippen molar-refractivity contribution < 1.29 is 14.6 Å². The van der Waals surface area contributed by atoms with Crippen LogP contribution in [0.1, 0.15) is 18.6 Å². The highest BCUT2D eigenvalue weighted by Gasteiger charge is 2.18. The molecule has 4 heteroatoms. The molecule has 1 N–H and O–H groups in total. The second-order valence-corrected chi connectivity index (χ2v) is 3.64. The van der Waals surface area contributed by atoms with Crippen LogP contribution in [0.15, 0.2) is 24.3 Å². The summed E-state index contributed by atoms with van der Waals surface area (Å²) in [4.78, 5) is 13.2. The Labute approximate surface area is 95.5 Å². The van der Waals surface area contributed by atoms with Crippen molar-refractivity contribution >= 4 is 11.7 Å². The maximum Gasteiger partial charge on any atom is 0.339 e.